The summed E-state index contributed by atoms with van der Waals surface area (Å²) >= 11 is 0. The number of hydrogen-bond acceptors (Lipinski definition) is 6. The Bertz CT molecular complexity index is 1180. The van der Waals surface area contributed by atoms with Gasteiger partial charge in [-0.1, -0.05) is 12.1 Å². The zero-order valence-corrected chi connectivity index (χ0v) is 16.3. The Labute approximate surface area is 167 Å². The Hall–Kier alpha value is -3.87. The molecule has 2 heterocycles. The Morgan fingerprint density at radius 1 is 1.14 bits per heavy atom. The first-order valence-electron chi connectivity index (χ1n) is 9.07. The number of amidine groups is 1. The molecule has 146 valence electrons. The van der Waals surface area contributed by atoms with Gasteiger partial charge < -0.3 is 9.84 Å². The predicted octanol–water partition coefficient (Wildman–Crippen LogP) is 3.89. The molecule has 1 aromatic heterocycles. The minimum Gasteiger partial charge on any atom is -0.508 e. The van der Waals surface area contributed by atoms with Crippen LogP contribution in [-0.4, -0.2) is 34.0 Å². The summed E-state index contributed by atoms with van der Waals surface area (Å²) in [6.07, 6.45) is 1.65. The molecule has 0 radical (unpaired) electrons. The van der Waals surface area contributed by atoms with Crippen molar-refractivity contribution < 1.29 is 14.6 Å². The van der Waals surface area contributed by atoms with E-state index in [9.17, 15) is 9.90 Å². The van der Waals surface area contributed by atoms with Gasteiger partial charge in [0.05, 0.1) is 18.3 Å². The molecule has 2 N–H and O–H groups in total. The van der Waals surface area contributed by atoms with Crippen LogP contribution in [0, 0.1) is 6.92 Å². The van der Waals surface area contributed by atoms with Crippen LogP contribution in [0.2, 0.25) is 0 Å². The highest BCUT2D eigenvalue weighted by atomic mass is 16.5. The van der Waals surface area contributed by atoms with E-state index in [0.29, 0.717) is 17.1 Å². The van der Waals surface area contributed by atoms with E-state index in [1.165, 1.54) is 5.01 Å². The highest BCUT2D eigenvalue weighted by Crippen LogP contribution is 2.29. The number of carbonyl (C=O) groups is 1. The van der Waals surface area contributed by atoms with E-state index in [1.807, 2.05) is 31.2 Å². The number of carbonyl (C=O) groups excluding carboxylic acids is 1. The van der Waals surface area contributed by atoms with Crippen molar-refractivity contribution in [3.8, 4) is 11.5 Å². The number of aromatic nitrogens is 1. The standard InChI is InChI=1S/C22H20N4O3/c1-13-9-20(18-12-17(29-3)7-8-19(18)23-13)25-26-14(2)24-21(22(26)28)11-15-5-4-6-16(27)10-15/h4-12,27H,1-3H3,(H,23,25)/b21-11-. The number of fused-ring (bicyclic) bond motifs is 1. The number of hydrogen-bond donors (Lipinski definition) is 2. The number of nitrogens with zero attached hydrogens (tertiary/aromatic N) is 3. The topological polar surface area (TPSA) is 87.0 Å². The lowest BCUT2D eigenvalue weighted by atomic mass is 10.1. The smallest absolute Gasteiger partial charge is 0.296 e. The Morgan fingerprint density at radius 3 is 2.72 bits per heavy atom. The molecule has 29 heavy (non-hydrogen) atoms. The van der Waals surface area contributed by atoms with E-state index in [4.69, 9.17) is 4.74 Å². The molecular weight excluding hydrogens is 368 g/mol. The maximum absolute atomic E-state index is 12.9. The first-order chi connectivity index (χ1) is 13.9. The third-order valence-corrected chi connectivity index (χ3v) is 4.58. The van der Waals surface area contributed by atoms with Crippen LogP contribution in [-0.2, 0) is 4.79 Å². The summed E-state index contributed by atoms with van der Waals surface area (Å²) in [5, 5.41) is 11.9. The lowest BCUT2D eigenvalue weighted by Crippen LogP contribution is -2.36. The van der Waals surface area contributed by atoms with Crippen LogP contribution in [0.3, 0.4) is 0 Å². The second-order valence-electron chi connectivity index (χ2n) is 6.73. The van der Waals surface area contributed by atoms with Crippen molar-refractivity contribution in [2.75, 3.05) is 12.5 Å². The fraction of sp³-hybridized carbons (Fsp3) is 0.136. The third-order valence-electron chi connectivity index (χ3n) is 4.58. The molecule has 2 aromatic carbocycles. The maximum Gasteiger partial charge on any atom is 0.296 e. The van der Waals surface area contributed by atoms with E-state index in [-0.39, 0.29) is 17.4 Å². The zero-order chi connectivity index (χ0) is 20.5. The molecule has 0 spiro atoms. The zero-order valence-electron chi connectivity index (χ0n) is 16.3. The number of amides is 1. The van der Waals surface area contributed by atoms with Gasteiger partial charge in [0, 0.05) is 11.1 Å². The van der Waals surface area contributed by atoms with E-state index >= 15 is 0 Å². The molecule has 0 bridgehead atoms. The lowest BCUT2D eigenvalue weighted by molar-refractivity contribution is -0.121. The maximum atomic E-state index is 12.9. The van der Waals surface area contributed by atoms with Crippen molar-refractivity contribution >= 4 is 34.4 Å². The predicted molar refractivity (Wildman–Crippen MR) is 113 cm³/mol. The summed E-state index contributed by atoms with van der Waals surface area (Å²) in [5.74, 6) is 1.07. The van der Waals surface area contributed by atoms with Crippen LogP contribution in [0.1, 0.15) is 18.2 Å². The fourth-order valence-corrected chi connectivity index (χ4v) is 3.21. The van der Waals surface area contributed by atoms with Crippen LogP contribution in [0.25, 0.3) is 17.0 Å². The number of aromatic hydroxyl groups is 1. The summed E-state index contributed by atoms with van der Waals surface area (Å²) in [6.45, 7) is 3.65. The van der Waals surface area contributed by atoms with Gasteiger partial charge in [-0.25, -0.2) is 10.0 Å². The number of aryl methyl sites for hydroxylation is 1. The number of methoxy groups -OCH3 is 1. The number of ether oxygens (including phenoxy) is 1. The number of hydrazine groups is 1. The largest absolute Gasteiger partial charge is 0.508 e. The Kier molecular flexibility index (Phi) is 4.64. The monoisotopic (exact) mass is 388 g/mol. The molecule has 0 atom stereocenters. The van der Waals surface area contributed by atoms with Gasteiger partial charge in [0.15, 0.2) is 0 Å². The molecule has 7 heteroatoms. The molecule has 0 fully saturated rings. The van der Waals surface area contributed by atoms with Gasteiger partial charge in [0.1, 0.15) is 23.0 Å². The fourth-order valence-electron chi connectivity index (χ4n) is 3.21. The molecule has 0 unspecified atom stereocenters. The quantitative estimate of drug-likeness (QED) is 0.662. The van der Waals surface area contributed by atoms with Crippen LogP contribution < -0.4 is 10.2 Å². The van der Waals surface area contributed by atoms with E-state index in [1.54, 1.807) is 44.4 Å². The number of aliphatic imine (C=N–C) groups is 1. The van der Waals surface area contributed by atoms with E-state index < -0.39 is 0 Å². The number of anilines is 1. The normalized spacial score (nSPS) is 15.1. The first kappa shape index (κ1) is 18.5. The van der Waals surface area contributed by atoms with Crippen molar-refractivity contribution in [3.63, 3.8) is 0 Å². The summed E-state index contributed by atoms with van der Waals surface area (Å²) in [7, 11) is 1.61. The molecule has 0 aliphatic carbocycles. The van der Waals surface area contributed by atoms with Crippen molar-refractivity contribution in [3.05, 3.63) is 65.5 Å². The molecule has 4 rings (SSSR count). The Morgan fingerprint density at radius 2 is 1.97 bits per heavy atom. The van der Waals surface area contributed by atoms with Gasteiger partial charge >= 0.3 is 0 Å². The molecule has 1 aliphatic rings. The molecule has 0 saturated heterocycles. The minimum atomic E-state index is -0.281. The minimum absolute atomic E-state index is 0.133. The number of rotatable bonds is 4. The second kappa shape index (κ2) is 7.27. The molecule has 7 nitrogen and oxygen atoms in total. The number of phenolic OH excluding ortho intramolecular Hbond substituents is 1. The van der Waals surface area contributed by atoms with Crippen LogP contribution in [0.15, 0.2) is 59.2 Å². The SMILES string of the molecule is COc1ccc2nc(C)cc(NN3C(=O)/C(=C/c4cccc(O)c4)N=C3C)c2c1. The highest BCUT2D eigenvalue weighted by Gasteiger charge is 2.28. The lowest BCUT2D eigenvalue weighted by Gasteiger charge is -2.20. The van der Waals surface area contributed by atoms with Crippen LogP contribution in [0.5, 0.6) is 11.5 Å². The van der Waals surface area contributed by atoms with Crippen molar-refractivity contribution in [2.24, 2.45) is 4.99 Å². The van der Waals surface area contributed by atoms with Gasteiger partial charge in [-0.15, -0.1) is 0 Å². The van der Waals surface area contributed by atoms with E-state index in [0.717, 1.165) is 22.3 Å². The van der Waals surface area contributed by atoms with Crippen molar-refractivity contribution in [2.45, 2.75) is 13.8 Å². The summed E-state index contributed by atoms with van der Waals surface area (Å²) in [4.78, 5) is 21.8. The average Bonchev–Trinajstić information content (AvgIpc) is 2.95. The van der Waals surface area contributed by atoms with Crippen molar-refractivity contribution in [1.82, 2.24) is 9.99 Å². The number of pyridine rings is 1. The number of phenols is 1. The average molecular weight is 388 g/mol. The van der Waals surface area contributed by atoms with Crippen LogP contribution in [0.4, 0.5) is 5.69 Å². The molecule has 3 aromatic rings. The first-order valence-corrected chi connectivity index (χ1v) is 9.07. The summed E-state index contributed by atoms with van der Waals surface area (Å²) in [6, 6.07) is 14.1. The van der Waals surface area contributed by atoms with Crippen LogP contribution >= 0.6 is 0 Å². The summed E-state index contributed by atoms with van der Waals surface area (Å²) < 4.78 is 5.32. The molecule has 0 saturated carbocycles. The number of nitrogens with one attached hydrogen (secondary N) is 1. The highest BCUT2D eigenvalue weighted by molar-refractivity contribution is 6.14. The number of benzene rings is 2. The molecule has 1 amide bonds. The van der Waals surface area contributed by atoms with E-state index in [2.05, 4.69) is 15.4 Å². The van der Waals surface area contributed by atoms with Gasteiger partial charge in [-0.05, 0) is 61.9 Å². The molecular formula is C22H20N4O3. The summed E-state index contributed by atoms with van der Waals surface area (Å²) in [5.41, 5.74) is 6.50. The van der Waals surface area contributed by atoms with Gasteiger partial charge in [-0.3, -0.25) is 15.2 Å². The van der Waals surface area contributed by atoms with Gasteiger partial charge in [0.25, 0.3) is 5.91 Å². The van der Waals surface area contributed by atoms with Gasteiger partial charge in [-0.2, -0.15) is 0 Å². The Balaban J connectivity index is 1.68. The van der Waals surface area contributed by atoms with Gasteiger partial charge in [0.2, 0.25) is 0 Å². The second-order valence-corrected chi connectivity index (χ2v) is 6.73. The molecule has 1 aliphatic heterocycles. The third kappa shape index (κ3) is 3.62. The van der Waals surface area contributed by atoms with Crippen molar-refractivity contribution in [1.29, 1.82) is 0 Å².